The minimum atomic E-state index is -0.314. The third kappa shape index (κ3) is 4.83. The molecule has 0 saturated heterocycles. The maximum atomic E-state index is 12.8. The SMILES string of the molecule is CC(C)CC(N)c1nc(C(=O)NC(c2ccccc2)c2ccccc2)co1. The molecule has 1 atom stereocenters. The minimum Gasteiger partial charge on any atom is -0.446 e. The van der Waals surface area contributed by atoms with Crippen LogP contribution in [0.25, 0.3) is 0 Å². The van der Waals surface area contributed by atoms with Crippen molar-refractivity contribution in [2.24, 2.45) is 11.7 Å². The molecule has 2 aromatic carbocycles. The van der Waals surface area contributed by atoms with Gasteiger partial charge >= 0.3 is 0 Å². The van der Waals surface area contributed by atoms with Gasteiger partial charge in [0.1, 0.15) is 6.26 Å². The average molecular weight is 363 g/mol. The zero-order valence-corrected chi connectivity index (χ0v) is 15.6. The van der Waals surface area contributed by atoms with Crippen molar-refractivity contribution in [1.29, 1.82) is 0 Å². The molecular formula is C22H25N3O2. The zero-order chi connectivity index (χ0) is 19.2. The lowest BCUT2D eigenvalue weighted by Crippen LogP contribution is -2.29. The van der Waals surface area contributed by atoms with Crippen LogP contribution in [0.15, 0.2) is 71.3 Å². The van der Waals surface area contributed by atoms with Crippen molar-refractivity contribution in [3.05, 3.63) is 89.6 Å². The fourth-order valence-electron chi connectivity index (χ4n) is 3.03. The smallest absolute Gasteiger partial charge is 0.273 e. The molecule has 1 unspecified atom stereocenters. The number of nitrogens with zero attached hydrogens (tertiary/aromatic N) is 1. The van der Waals surface area contributed by atoms with Crippen molar-refractivity contribution in [1.82, 2.24) is 10.3 Å². The summed E-state index contributed by atoms with van der Waals surface area (Å²) in [6.45, 7) is 4.17. The molecule has 0 saturated carbocycles. The van der Waals surface area contributed by atoms with Gasteiger partial charge in [-0.2, -0.15) is 0 Å². The van der Waals surface area contributed by atoms with E-state index in [1.54, 1.807) is 0 Å². The second-order valence-corrected chi connectivity index (χ2v) is 7.03. The third-order valence-electron chi connectivity index (χ3n) is 4.34. The summed E-state index contributed by atoms with van der Waals surface area (Å²) in [4.78, 5) is 17.1. The first-order valence-electron chi connectivity index (χ1n) is 9.16. The van der Waals surface area contributed by atoms with Crippen molar-refractivity contribution < 1.29 is 9.21 Å². The quantitative estimate of drug-likeness (QED) is 0.658. The van der Waals surface area contributed by atoms with Crippen molar-refractivity contribution in [2.45, 2.75) is 32.4 Å². The molecule has 0 spiro atoms. The molecule has 0 bridgehead atoms. The van der Waals surface area contributed by atoms with E-state index in [1.807, 2.05) is 60.7 Å². The van der Waals surface area contributed by atoms with Gasteiger partial charge in [-0.15, -0.1) is 0 Å². The molecule has 27 heavy (non-hydrogen) atoms. The van der Waals surface area contributed by atoms with Gasteiger partial charge in [0.25, 0.3) is 5.91 Å². The summed E-state index contributed by atoms with van der Waals surface area (Å²) in [5.74, 6) is 0.522. The Labute approximate surface area is 159 Å². The monoisotopic (exact) mass is 363 g/mol. The van der Waals surface area contributed by atoms with Gasteiger partial charge in [0.05, 0.1) is 12.1 Å². The molecular weight excluding hydrogens is 338 g/mol. The number of hydrogen-bond donors (Lipinski definition) is 2. The number of nitrogens with two attached hydrogens (primary N) is 1. The van der Waals surface area contributed by atoms with Crippen LogP contribution in [0, 0.1) is 5.92 Å². The zero-order valence-electron chi connectivity index (χ0n) is 15.6. The Morgan fingerprint density at radius 3 is 2.11 bits per heavy atom. The van der Waals surface area contributed by atoms with Gasteiger partial charge in [-0.1, -0.05) is 74.5 Å². The van der Waals surface area contributed by atoms with Crippen LogP contribution in [0.1, 0.15) is 59.9 Å². The Hall–Kier alpha value is -2.92. The molecule has 3 aromatic rings. The molecule has 5 nitrogen and oxygen atoms in total. The second kappa shape index (κ2) is 8.64. The second-order valence-electron chi connectivity index (χ2n) is 7.03. The first-order chi connectivity index (χ1) is 13.0. The summed E-state index contributed by atoms with van der Waals surface area (Å²) in [7, 11) is 0. The van der Waals surface area contributed by atoms with Gasteiger partial charge in [0, 0.05) is 0 Å². The Kier molecular flexibility index (Phi) is 6.04. The van der Waals surface area contributed by atoms with Crippen molar-refractivity contribution in [3.8, 4) is 0 Å². The van der Waals surface area contributed by atoms with Crippen LogP contribution >= 0.6 is 0 Å². The molecule has 0 aliphatic carbocycles. The summed E-state index contributed by atoms with van der Waals surface area (Å²) in [5, 5.41) is 3.06. The van der Waals surface area contributed by atoms with Crippen LogP contribution in [-0.2, 0) is 0 Å². The van der Waals surface area contributed by atoms with Gasteiger partial charge in [-0.3, -0.25) is 4.79 Å². The summed E-state index contributed by atoms with van der Waals surface area (Å²) < 4.78 is 5.44. The molecule has 3 rings (SSSR count). The lowest BCUT2D eigenvalue weighted by atomic mass is 9.98. The van der Waals surface area contributed by atoms with E-state index in [1.165, 1.54) is 6.26 Å². The highest BCUT2D eigenvalue weighted by molar-refractivity contribution is 5.92. The Morgan fingerprint density at radius 2 is 1.59 bits per heavy atom. The van der Waals surface area contributed by atoms with E-state index in [0.717, 1.165) is 17.5 Å². The number of benzene rings is 2. The van der Waals surface area contributed by atoms with Crippen molar-refractivity contribution >= 4 is 5.91 Å². The maximum Gasteiger partial charge on any atom is 0.273 e. The number of carbonyl (C=O) groups is 1. The molecule has 0 radical (unpaired) electrons. The van der Waals surface area contributed by atoms with Gasteiger partial charge in [0.15, 0.2) is 5.69 Å². The van der Waals surface area contributed by atoms with E-state index in [9.17, 15) is 4.79 Å². The van der Waals surface area contributed by atoms with E-state index in [0.29, 0.717) is 11.8 Å². The number of aromatic nitrogens is 1. The van der Waals surface area contributed by atoms with Crippen LogP contribution in [0.2, 0.25) is 0 Å². The van der Waals surface area contributed by atoms with Crippen LogP contribution in [0.4, 0.5) is 0 Å². The summed E-state index contributed by atoms with van der Waals surface area (Å²) >= 11 is 0. The van der Waals surface area contributed by atoms with E-state index >= 15 is 0 Å². The van der Waals surface area contributed by atoms with Crippen LogP contribution in [0.5, 0.6) is 0 Å². The molecule has 5 heteroatoms. The van der Waals surface area contributed by atoms with Crippen molar-refractivity contribution in [3.63, 3.8) is 0 Å². The summed E-state index contributed by atoms with van der Waals surface area (Å²) in [5.41, 5.74) is 8.34. The lowest BCUT2D eigenvalue weighted by molar-refractivity contribution is 0.0938. The van der Waals surface area contributed by atoms with Gasteiger partial charge in [0.2, 0.25) is 5.89 Å². The largest absolute Gasteiger partial charge is 0.446 e. The molecule has 1 amide bonds. The number of rotatable bonds is 7. The minimum absolute atomic E-state index is 0.237. The fourth-order valence-corrected chi connectivity index (χ4v) is 3.03. The number of nitrogens with one attached hydrogen (secondary N) is 1. The van der Waals surface area contributed by atoms with E-state index in [-0.39, 0.29) is 23.7 Å². The van der Waals surface area contributed by atoms with Crippen LogP contribution < -0.4 is 11.1 Å². The highest BCUT2D eigenvalue weighted by Gasteiger charge is 2.22. The summed E-state index contributed by atoms with van der Waals surface area (Å²) in [6.07, 6.45) is 2.12. The summed E-state index contributed by atoms with van der Waals surface area (Å²) in [6, 6.07) is 19.1. The molecule has 140 valence electrons. The Balaban J connectivity index is 1.80. The topological polar surface area (TPSA) is 81.1 Å². The van der Waals surface area contributed by atoms with Crippen LogP contribution in [-0.4, -0.2) is 10.9 Å². The number of hydrogen-bond acceptors (Lipinski definition) is 4. The molecule has 0 fully saturated rings. The standard InChI is InChI=1S/C22H25N3O2/c1-15(2)13-18(23)22-24-19(14-27-22)21(26)25-20(16-9-5-3-6-10-16)17-11-7-4-8-12-17/h3-12,14-15,18,20H,13,23H2,1-2H3,(H,25,26). The maximum absolute atomic E-state index is 12.8. The molecule has 0 aliphatic heterocycles. The molecule has 3 N–H and O–H groups in total. The Morgan fingerprint density at radius 1 is 1.04 bits per heavy atom. The molecule has 1 aromatic heterocycles. The normalized spacial score (nSPS) is 12.3. The first-order valence-corrected chi connectivity index (χ1v) is 9.16. The van der Waals surface area contributed by atoms with E-state index in [2.05, 4.69) is 24.1 Å². The van der Waals surface area contributed by atoms with Gasteiger partial charge in [-0.05, 0) is 23.5 Å². The Bertz CT molecular complexity index is 820. The predicted molar refractivity (Wildman–Crippen MR) is 105 cm³/mol. The third-order valence-corrected chi connectivity index (χ3v) is 4.34. The van der Waals surface area contributed by atoms with E-state index in [4.69, 9.17) is 10.2 Å². The molecule has 1 heterocycles. The highest BCUT2D eigenvalue weighted by Crippen LogP contribution is 2.23. The number of carbonyl (C=O) groups excluding carboxylic acids is 1. The van der Waals surface area contributed by atoms with Crippen molar-refractivity contribution in [2.75, 3.05) is 0 Å². The van der Waals surface area contributed by atoms with E-state index < -0.39 is 0 Å². The fraction of sp³-hybridized carbons (Fsp3) is 0.273. The average Bonchev–Trinajstić information content (AvgIpc) is 3.17. The molecule has 0 aliphatic rings. The van der Waals surface area contributed by atoms with Crippen LogP contribution in [0.3, 0.4) is 0 Å². The lowest BCUT2D eigenvalue weighted by Gasteiger charge is -2.19. The van der Waals surface area contributed by atoms with Gasteiger partial charge in [-0.25, -0.2) is 4.98 Å². The number of amides is 1. The highest BCUT2D eigenvalue weighted by atomic mass is 16.3. The first kappa shape index (κ1) is 18.9. The number of oxazole rings is 1. The van der Waals surface area contributed by atoms with Gasteiger partial charge < -0.3 is 15.5 Å². The predicted octanol–water partition coefficient (Wildman–Crippen LogP) is 4.24.